The Morgan fingerprint density at radius 1 is 1.42 bits per heavy atom. The van der Waals surface area contributed by atoms with E-state index < -0.39 is 11.1 Å². The second kappa shape index (κ2) is 6.74. The summed E-state index contributed by atoms with van der Waals surface area (Å²) in [7, 11) is 1.78. The lowest BCUT2D eigenvalue weighted by molar-refractivity contribution is -0.115. The Morgan fingerprint density at radius 2 is 2.21 bits per heavy atom. The quantitative estimate of drug-likeness (QED) is 0.567. The lowest BCUT2D eigenvalue weighted by Gasteiger charge is -2.12. The molecule has 0 aliphatic heterocycles. The molecule has 1 aromatic carbocycles. The summed E-state index contributed by atoms with van der Waals surface area (Å²) in [4.78, 5) is 20.7. The monoisotopic (exact) mass is 365 g/mol. The number of nitrogens with zero attached hydrogens (tertiary/aromatic N) is 4. The van der Waals surface area contributed by atoms with E-state index in [1.807, 2.05) is 0 Å². The van der Waals surface area contributed by atoms with Gasteiger partial charge in [0, 0.05) is 12.1 Å². The first-order valence-corrected chi connectivity index (χ1v) is 8.26. The van der Waals surface area contributed by atoms with Crippen LogP contribution in [0, 0.1) is 5.82 Å². The van der Waals surface area contributed by atoms with Gasteiger partial charge in [0.2, 0.25) is 5.91 Å². The molecular formula is C15H13ClFN5OS. The van der Waals surface area contributed by atoms with Crippen LogP contribution in [0.15, 0.2) is 35.7 Å². The highest BCUT2D eigenvalue weighted by molar-refractivity contribution is 8.00. The molecule has 2 heterocycles. The number of carbonyl (C=O) groups excluding carboxylic acids is 1. The summed E-state index contributed by atoms with van der Waals surface area (Å²) in [6.07, 6.45) is 3.08. The second-order valence-corrected chi connectivity index (χ2v) is 6.82. The number of benzene rings is 1. The number of thioether (sulfide) groups is 1. The number of fused-ring (bicyclic) bond motifs is 1. The first-order valence-electron chi connectivity index (χ1n) is 7.01. The Hall–Kier alpha value is -2.19. The third-order valence-electron chi connectivity index (χ3n) is 3.34. The summed E-state index contributed by atoms with van der Waals surface area (Å²) in [6.45, 7) is 1.72. The number of rotatable bonds is 4. The number of halogens is 2. The van der Waals surface area contributed by atoms with Crippen LogP contribution >= 0.6 is 23.4 Å². The van der Waals surface area contributed by atoms with Gasteiger partial charge in [0.05, 0.1) is 22.5 Å². The van der Waals surface area contributed by atoms with Gasteiger partial charge in [-0.2, -0.15) is 5.10 Å². The average Bonchev–Trinajstić information content (AvgIpc) is 2.92. The Balaban J connectivity index is 1.76. The molecule has 0 saturated heterocycles. The molecule has 9 heteroatoms. The number of aryl methyl sites for hydroxylation is 1. The maximum Gasteiger partial charge on any atom is 0.237 e. The third-order valence-corrected chi connectivity index (χ3v) is 4.69. The van der Waals surface area contributed by atoms with E-state index in [1.54, 1.807) is 24.9 Å². The smallest absolute Gasteiger partial charge is 0.237 e. The second-order valence-electron chi connectivity index (χ2n) is 5.06. The van der Waals surface area contributed by atoms with Gasteiger partial charge in [-0.25, -0.2) is 14.4 Å². The number of anilines is 1. The number of amides is 1. The van der Waals surface area contributed by atoms with Gasteiger partial charge in [-0.05, 0) is 25.1 Å². The van der Waals surface area contributed by atoms with E-state index in [0.717, 1.165) is 11.5 Å². The molecule has 1 N–H and O–H groups in total. The SMILES string of the molecule is CC(Sc1ncnc2c1cnn2C)C(=O)Nc1ccc(Cl)cc1F. The van der Waals surface area contributed by atoms with Crippen LogP contribution in [0.1, 0.15) is 6.92 Å². The van der Waals surface area contributed by atoms with Crippen molar-refractivity contribution in [1.29, 1.82) is 0 Å². The molecule has 1 unspecified atom stereocenters. The number of hydrogen-bond acceptors (Lipinski definition) is 5. The largest absolute Gasteiger partial charge is 0.323 e. The minimum absolute atomic E-state index is 0.0889. The highest BCUT2D eigenvalue weighted by Gasteiger charge is 2.19. The maximum absolute atomic E-state index is 13.8. The molecule has 1 amide bonds. The zero-order chi connectivity index (χ0) is 17.3. The van der Waals surface area contributed by atoms with E-state index in [-0.39, 0.29) is 16.6 Å². The van der Waals surface area contributed by atoms with Crippen LogP contribution in [0.2, 0.25) is 5.02 Å². The average molecular weight is 366 g/mol. The zero-order valence-corrected chi connectivity index (χ0v) is 14.4. The molecule has 0 aliphatic rings. The van der Waals surface area contributed by atoms with Crippen molar-refractivity contribution in [2.75, 3.05) is 5.32 Å². The molecule has 0 bridgehead atoms. The number of aromatic nitrogens is 4. The first kappa shape index (κ1) is 16.7. The molecule has 6 nitrogen and oxygen atoms in total. The van der Waals surface area contributed by atoms with Crippen molar-refractivity contribution in [3.8, 4) is 0 Å². The lowest BCUT2D eigenvalue weighted by Crippen LogP contribution is -2.23. The zero-order valence-electron chi connectivity index (χ0n) is 12.8. The van der Waals surface area contributed by atoms with Crippen LogP contribution < -0.4 is 5.32 Å². The van der Waals surface area contributed by atoms with Crippen molar-refractivity contribution in [3.05, 3.63) is 41.6 Å². The standard InChI is InChI=1S/C15H13ClFN5OS/c1-8(14(23)21-12-4-3-9(16)5-11(12)17)24-15-10-6-20-22(2)13(10)18-7-19-15/h3-8H,1-2H3,(H,21,23). The summed E-state index contributed by atoms with van der Waals surface area (Å²) < 4.78 is 15.4. The van der Waals surface area contributed by atoms with Crippen LogP contribution in [-0.2, 0) is 11.8 Å². The molecule has 2 aromatic heterocycles. The Kier molecular flexibility index (Phi) is 4.68. The summed E-state index contributed by atoms with van der Waals surface area (Å²) in [6, 6.07) is 4.09. The van der Waals surface area contributed by atoms with E-state index in [1.165, 1.54) is 30.2 Å². The van der Waals surface area contributed by atoms with Gasteiger partial charge in [-0.1, -0.05) is 23.4 Å². The molecule has 0 aliphatic carbocycles. The number of carbonyl (C=O) groups is 1. The van der Waals surface area contributed by atoms with Crippen molar-refractivity contribution in [2.24, 2.45) is 7.05 Å². The summed E-state index contributed by atoms with van der Waals surface area (Å²) in [5, 5.41) is 7.88. The highest BCUT2D eigenvalue weighted by Crippen LogP contribution is 2.28. The highest BCUT2D eigenvalue weighted by atomic mass is 35.5. The van der Waals surface area contributed by atoms with E-state index >= 15 is 0 Å². The lowest BCUT2D eigenvalue weighted by atomic mass is 10.3. The van der Waals surface area contributed by atoms with Crippen molar-refractivity contribution >= 4 is 46.0 Å². The van der Waals surface area contributed by atoms with Crippen LogP contribution in [0.3, 0.4) is 0 Å². The van der Waals surface area contributed by atoms with Gasteiger partial charge in [-0.15, -0.1) is 0 Å². The first-order chi connectivity index (χ1) is 11.5. The summed E-state index contributed by atoms with van der Waals surface area (Å²) >= 11 is 6.96. The van der Waals surface area contributed by atoms with Crippen molar-refractivity contribution < 1.29 is 9.18 Å². The van der Waals surface area contributed by atoms with Gasteiger partial charge < -0.3 is 5.32 Å². The molecule has 0 saturated carbocycles. The number of hydrogen-bond donors (Lipinski definition) is 1. The van der Waals surface area contributed by atoms with Crippen LogP contribution in [0.25, 0.3) is 11.0 Å². The molecule has 124 valence electrons. The minimum Gasteiger partial charge on any atom is -0.323 e. The van der Waals surface area contributed by atoms with Crippen molar-refractivity contribution in [3.63, 3.8) is 0 Å². The molecule has 24 heavy (non-hydrogen) atoms. The molecule has 1 atom stereocenters. The fourth-order valence-corrected chi connectivity index (χ4v) is 3.12. The Bertz CT molecular complexity index is 916. The predicted octanol–water partition coefficient (Wildman–Crippen LogP) is 3.28. The molecule has 0 radical (unpaired) electrons. The van der Waals surface area contributed by atoms with Gasteiger partial charge in [0.15, 0.2) is 5.65 Å². The van der Waals surface area contributed by atoms with Crippen molar-refractivity contribution in [2.45, 2.75) is 17.2 Å². The fraction of sp³-hybridized carbons (Fsp3) is 0.200. The normalized spacial score (nSPS) is 12.3. The van der Waals surface area contributed by atoms with Crippen LogP contribution in [-0.4, -0.2) is 30.9 Å². The summed E-state index contributed by atoms with van der Waals surface area (Å²) in [5.41, 5.74) is 0.773. The van der Waals surface area contributed by atoms with Gasteiger partial charge in [0.25, 0.3) is 0 Å². The molecule has 0 spiro atoms. The van der Waals surface area contributed by atoms with E-state index in [2.05, 4.69) is 20.4 Å². The van der Waals surface area contributed by atoms with Crippen LogP contribution in [0.5, 0.6) is 0 Å². The topological polar surface area (TPSA) is 72.7 Å². The van der Waals surface area contributed by atoms with Gasteiger partial charge in [0.1, 0.15) is 17.2 Å². The Morgan fingerprint density at radius 3 is 2.96 bits per heavy atom. The molecule has 0 fully saturated rings. The molecule has 3 rings (SSSR count). The van der Waals surface area contributed by atoms with E-state index in [9.17, 15) is 9.18 Å². The molecular weight excluding hydrogens is 353 g/mol. The van der Waals surface area contributed by atoms with Gasteiger partial charge >= 0.3 is 0 Å². The van der Waals surface area contributed by atoms with E-state index in [4.69, 9.17) is 11.6 Å². The van der Waals surface area contributed by atoms with E-state index in [0.29, 0.717) is 10.7 Å². The Labute approximate surface area is 146 Å². The minimum atomic E-state index is -0.579. The molecule has 3 aromatic rings. The predicted molar refractivity (Wildman–Crippen MR) is 91.7 cm³/mol. The summed E-state index contributed by atoms with van der Waals surface area (Å²) in [5.74, 6) is -0.915. The maximum atomic E-state index is 13.8. The number of nitrogens with one attached hydrogen (secondary N) is 1. The third kappa shape index (κ3) is 3.34. The van der Waals surface area contributed by atoms with Crippen molar-refractivity contribution in [1.82, 2.24) is 19.7 Å². The van der Waals surface area contributed by atoms with Gasteiger partial charge in [-0.3, -0.25) is 9.48 Å². The van der Waals surface area contributed by atoms with Crippen LogP contribution in [0.4, 0.5) is 10.1 Å². The fourth-order valence-electron chi connectivity index (χ4n) is 2.08.